The van der Waals surface area contributed by atoms with Crippen LogP contribution >= 0.6 is 0 Å². The second-order valence-corrected chi connectivity index (χ2v) is 4.62. The molecule has 0 amide bonds. The monoisotopic (exact) mass is 231 g/mol. The zero-order chi connectivity index (χ0) is 11.8. The molecule has 1 aliphatic rings. The minimum Gasteiger partial charge on any atom is -0.489 e. The third-order valence-electron chi connectivity index (χ3n) is 3.32. The molecule has 4 heteroatoms. The number of ether oxygens (including phenoxy) is 1. The molecular weight excluding hydrogens is 214 g/mol. The lowest BCUT2D eigenvalue weighted by atomic mass is 10.2. The van der Waals surface area contributed by atoms with Crippen LogP contribution in [0.5, 0.6) is 5.75 Å². The summed E-state index contributed by atoms with van der Waals surface area (Å²) in [6.45, 7) is 4.03. The lowest BCUT2D eigenvalue weighted by Crippen LogP contribution is -2.19. The van der Waals surface area contributed by atoms with Crippen LogP contribution in [0.15, 0.2) is 18.2 Å². The summed E-state index contributed by atoms with van der Waals surface area (Å²) in [5.41, 5.74) is 2.21. The smallest absolute Gasteiger partial charge is 0.120 e. The molecule has 0 bridgehead atoms. The number of nitrogens with one attached hydrogen (secondary N) is 1. The van der Waals surface area contributed by atoms with Gasteiger partial charge in [0, 0.05) is 19.0 Å². The van der Waals surface area contributed by atoms with Gasteiger partial charge in [0.05, 0.1) is 11.2 Å². The van der Waals surface area contributed by atoms with E-state index in [2.05, 4.69) is 22.5 Å². The Labute approximate surface area is 101 Å². The third-order valence-corrected chi connectivity index (χ3v) is 3.32. The van der Waals surface area contributed by atoms with E-state index in [0.29, 0.717) is 6.10 Å². The second kappa shape index (κ2) is 4.04. The number of hydrogen-bond donors (Lipinski definition) is 1. The van der Waals surface area contributed by atoms with E-state index in [9.17, 15) is 0 Å². The predicted octanol–water partition coefficient (Wildman–Crippen LogP) is 1.62. The molecule has 4 nitrogen and oxygen atoms in total. The highest BCUT2D eigenvalue weighted by Crippen LogP contribution is 2.24. The van der Waals surface area contributed by atoms with E-state index in [1.807, 2.05) is 24.7 Å². The van der Waals surface area contributed by atoms with Gasteiger partial charge in [-0.25, -0.2) is 0 Å². The van der Waals surface area contributed by atoms with Crippen LogP contribution in [0.25, 0.3) is 10.9 Å². The molecule has 0 spiro atoms. The Morgan fingerprint density at radius 2 is 2.35 bits per heavy atom. The van der Waals surface area contributed by atoms with Crippen LogP contribution in [0.2, 0.25) is 0 Å². The van der Waals surface area contributed by atoms with Gasteiger partial charge in [-0.15, -0.1) is 0 Å². The van der Waals surface area contributed by atoms with Gasteiger partial charge >= 0.3 is 0 Å². The van der Waals surface area contributed by atoms with Crippen molar-refractivity contribution in [2.24, 2.45) is 7.05 Å². The van der Waals surface area contributed by atoms with Crippen LogP contribution in [0.3, 0.4) is 0 Å². The molecule has 3 rings (SSSR count). The van der Waals surface area contributed by atoms with Crippen molar-refractivity contribution < 1.29 is 4.74 Å². The van der Waals surface area contributed by atoms with E-state index in [4.69, 9.17) is 4.74 Å². The van der Waals surface area contributed by atoms with Gasteiger partial charge in [0.1, 0.15) is 11.9 Å². The van der Waals surface area contributed by atoms with Crippen LogP contribution in [0, 0.1) is 6.92 Å². The lowest BCUT2D eigenvalue weighted by Gasteiger charge is -2.12. The zero-order valence-corrected chi connectivity index (χ0v) is 10.2. The van der Waals surface area contributed by atoms with Gasteiger partial charge in [-0.2, -0.15) is 5.10 Å². The standard InChI is InChI=1S/C13H17N3O/c1-9-12-7-10(17-11-5-6-14-8-11)3-4-13(12)16(2)15-9/h3-4,7,11,14H,5-6,8H2,1-2H3. The maximum atomic E-state index is 5.95. The molecule has 90 valence electrons. The second-order valence-electron chi connectivity index (χ2n) is 4.62. The average molecular weight is 231 g/mol. The van der Waals surface area contributed by atoms with Crippen molar-refractivity contribution in [3.8, 4) is 5.75 Å². The molecule has 1 aliphatic heterocycles. The van der Waals surface area contributed by atoms with Crippen LogP contribution in [-0.2, 0) is 7.05 Å². The van der Waals surface area contributed by atoms with Crippen molar-refractivity contribution >= 4 is 10.9 Å². The molecule has 0 aliphatic carbocycles. The van der Waals surface area contributed by atoms with E-state index in [0.717, 1.165) is 36.5 Å². The van der Waals surface area contributed by atoms with Gasteiger partial charge in [0.15, 0.2) is 0 Å². The lowest BCUT2D eigenvalue weighted by molar-refractivity contribution is 0.223. The highest BCUT2D eigenvalue weighted by atomic mass is 16.5. The van der Waals surface area contributed by atoms with Crippen molar-refractivity contribution in [3.63, 3.8) is 0 Å². The number of aryl methyl sites for hydroxylation is 2. The summed E-state index contributed by atoms with van der Waals surface area (Å²) in [5.74, 6) is 0.947. The third kappa shape index (κ3) is 1.89. The molecule has 1 aromatic carbocycles. The Morgan fingerprint density at radius 3 is 3.12 bits per heavy atom. The van der Waals surface area contributed by atoms with Crippen molar-refractivity contribution in [2.75, 3.05) is 13.1 Å². The fourth-order valence-corrected chi connectivity index (χ4v) is 2.41. The molecule has 1 fully saturated rings. The summed E-state index contributed by atoms with van der Waals surface area (Å²) >= 11 is 0. The molecule has 0 saturated carbocycles. The van der Waals surface area contributed by atoms with Gasteiger partial charge < -0.3 is 10.1 Å². The first-order valence-electron chi connectivity index (χ1n) is 6.05. The average Bonchev–Trinajstić information content (AvgIpc) is 2.89. The molecule has 0 radical (unpaired) electrons. The fraction of sp³-hybridized carbons (Fsp3) is 0.462. The number of aromatic nitrogens is 2. The minimum absolute atomic E-state index is 0.310. The summed E-state index contributed by atoms with van der Waals surface area (Å²) in [7, 11) is 1.97. The molecule has 1 saturated heterocycles. The SMILES string of the molecule is Cc1nn(C)c2ccc(OC3CCNC3)cc12. The molecule has 1 atom stereocenters. The first-order chi connectivity index (χ1) is 8.24. The van der Waals surface area contributed by atoms with E-state index in [1.54, 1.807) is 0 Å². The van der Waals surface area contributed by atoms with Crippen molar-refractivity contribution in [1.29, 1.82) is 0 Å². The molecule has 1 unspecified atom stereocenters. The quantitative estimate of drug-likeness (QED) is 0.853. The first kappa shape index (κ1) is 10.6. The number of rotatable bonds is 2. The van der Waals surface area contributed by atoms with Crippen molar-refractivity contribution in [1.82, 2.24) is 15.1 Å². The Hall–Kier alpha value is -1.55. The summed E-state index contributed by atoms with van der Waals surface area (Å²) < 4.78 is 7.86. The highest BCUT2D eigenvalue weighted by Gasteiger charge is 2.16. The molecular formula is C13H17N3O. The number of fused-ring (bicyclic) bond motifs is 1. The highest BCUT2D eigenvalue weighted by molar-refractivity contribution is 5.83. The molecule has 1 aromatic heterocycles. The zero-order valence-electron chi connectivity index (χ0n) is 10.2. The summed E-state index contributed by atoms with van der Waals surface area (Å²) in [5, 5.41) is 8.89. The van der Waals surface area contributed by atoms with Crippen LogP contribution < -0.4 is 10.1 Å². The topological polar surface area (TPSA) is 39.1 Å². The Kier molecular flexibility index (Phi) is 2.52. The summed E-state index contributed by atoms with van der Waals surface area (Å²) in [6, 6.07) is 6.20. The van der Waals surface area contributed by atoms with Gasteiger partial charge in [0.2, 0.25) is 0 Å². The van der Waals surface area contributed by atoms with E-state index in [1.165, 1.54) is 5.39 Å². The van der Waals surface area contributed by atoms with Crippen LogP contribution in [0.1, 0.15) is 12.1 Å². The number of nitrogens with zero attached hydrogens (tertiary/aromatic N) is 2. The Balaban J connectivity index is 1.92. The minimum atomic E-state index is 0.310. The van der Waals surface area contributed by atoms with Gasteiger partial charge in [-0.1, -0.05) is 0 Å². The summed E-state index contributed by atoms with van der Waals surface area (Å²) in [4.78, 5) is 0. The predicted molar refractivity (Wildman–Crippen MR) is 67.4 cm³/mol. The Morgan fingerprint density at radius 1 is 1.47 bits per heavy atom. The molecule has 2 heterocycles. The van der Waals surface area contributed by atoms with Crippen LogP contribution in [0.4, 0.5) is 0 Å². The molecule has 1 N–H and O–H groups in total. The van der Waals surface area contributed by atoms with E-state index in [-0.39, 0.29) is 0 Å². The van der Waals surface area contributed by atoms with Crippen LogP contribution in [-0.4, -0.2) is 29.0 Å². The van der Waals surface area contributed by atoms with Crippen molar-refractivity contribution in [2.45, 2.75) is 19.4 Å². The molecule has 2 aromatic rings. The normalized spacial score (nSPS) is 20.0. The number of benzene rings is 1. The molecule has 17 heavy (non-hydrogen) atoms. The van der Waals surface area contributed by atoms with Gasteiger partial charge in [-0.05, 0) is 38.1 Å². The number of hydrogen-bond acceptors (Lipinski definition) is 3. The summed E-state index contributed by atoms with van der Waals surface area (Å²) in [6.07, 6.45) is 1.40. The van der Waals surface area contributed by atoms with Crippen molar-refractivity contribution in [3.05, 3.63) is 23.9 Å². The van der Waals surface area contributed by atoms with Gasteiger partial charge in [0.25, 0.3) is 0 Å². The first-order valence-corrected chi connectivity index (χ1v) is 6.05. The Bertz CT molecular complexity index is 541. The van der Waals surface area contributed by atoms with E-state index < -0.39 is 0 Å². The maximum Gasteiger partial charge on any atom is 0.120 e. The fourth-order valence-electron chi connectivity index (χ4n) is 2.41. The van der Waals surface area contributed by atoms with Gasteiger partial charge in [-0.3, -0.25) is 4.68 Å². The van der Waals surface area contributed by atoms with E-state index >= 15 is 0 Å². The largest absolute Gasteiger partial charge is 0.489 e. The maximum absolute atomic E-state index is 5.95.